The molecule has 0 saturated carbocycles. The van der Waals surface area contributed by atoms with E-state index >= 15 is 0 Å². The van der Waals surface area contributed by atoms with Crippen molar-refractivity contribution in [3.8, 4) is 5.75 Å². The third kappa shape index (κ3) is 6.23. The summed E-state index contributed by atoms with van der Waals surface area (Å²) in [5.41, 5.74) is 1.62. The molecule has 3 rings (SSSR count). The van der Waals surface area contributed by atoms with Crippen molar-refractivity contribution in [2.24, 2.45) is 0 Å². The molecule has 0 radical (unpaired) electrons. The van der Waals surface area contributed by atoms with Crippen LogP contribution in [0.2, 0.25) is 5.02 Å². The van der Waals surface area contributed by atoms with E-state index in [1.165, 1.54) is 23.6 Å². The van der Waals surface area contributed by atoms with Crippen LogP contribution in [0.15, 0.2) is 42.6 Å². The first-order valence-corrected chi connectivity index (χ1v) is 11.1. The van der Waals surface area contributed by atoms with Gasteiger partial charge in [0, 0.05) is 22.5 Å². The number of aromatic nitrogens is 1. The topological polar surface area (TPSA) is 51.2 Å². The number of carbonyl (C=O) groups excluding carboxylic acids is 1. The Morgan fingerprint density at radius 1 is 1.22 bits per heavy atom. The fraction of sp³-hybridized carbons (Fsp3) is 0.304. The van der Waals surface area contributed by atoms with E-state index in [1.807, 2.05) is 39.0 Å². The number of nitrogens with one attached hydrogen (secondary N) is 1. The fourth-order valence-corrected chi connectivity index (χ4v) is 4.10. The molecular formula is C23H22ClF3N2O2S. The summed E-state index contributed by atoms with van der Waals surface area (Å²) in [7, 11) is 0. The molecule has 0 fully saturated rings. The molecule has 0 unspecified atom stereocenters. The highest BCUT2D eigenvalue weighted by atomic mass is 35.5. The van der Waals surface area contributed by atoms with Gasteiger partial charge in [-0.2, -0.15) is 13.2 Å². The average Bonchev–Trinajstić information content (AvgIpc) is 3.13. The molecule has 0 aliphatic rings. The van der Waals surface area contributed by atoms with E-state index in [9.17, 15) is 18.0 Å². The van der Waals surface area contributed by atoms with Gasteiger partial charge in [0.05, 0.1) is 5.56 Å². The maximum absolute atomic E-state index is 13.0. The third-order valence-electron chi connectivity index (χ3n) is 4.69. The predicted molar refractivity (Wildman–Crippen MR) is 121 cm³/mol. The van der Waals surface area contributed by atoms with Crippen LogP contribution in [0.3, 0.4) is 0 Å². The highest BCUT2D eigenvalue weighted by Crippen LogP contribution is 2.33. The van der Waals surface area contributed by atoms with E-state index in [4.69, 9.17) is 16.3 Å². The molecule has 0 spiro atoms. The van der Waals surface area contributed by atoms with Crippen LogP contribution < -0.4 is 10.1 Å². The molecule has 0 saturated heterocycles. The summed E-state index contributed by atoms with van der Waals surface area (Å²) in [6.45, 7) is 5.86. The molecule has 1 heterocycles. The maximum Gasteiger partial charge on any atom is 0.416 e. The van der Waals surface area contributed by atoms with Crippen molar-refractivity contribution in [1.29, 1.82) is 0 Å². The van der Waals surface area contributed by atoms with Crippen molar-refractivity contribution in [3.63, 3.8) is 0 Å². The molecule has 170 valence electrons. The molecule has 0 aliphatic carbocycles. The van der Waals surface area contributed by atoms with Gasteiger partial charge in [0.25, 0.3) is 5.91 Å². The zero-order valence-corrected chi connectivity index (χ0v) is 19.3. The molecular weight excluding hydrogens is 461 g/mol. The van der Waals surface area contributed by atoms with Crippen LogP contribution in [0.25, 0.3) is 0 Å². The summed E-state index contributed by atoms with van der Waals surface area (Å²) >= 11 is 7.24. The lowest BCUT2D eigenvalue weighted by atomic mass is 10.0. The van der Waals surface area contributed by atoms with E-state index in [0.717, 1.165) is 23.3 Å². The fourth-order valence-electron chi connectivity index (χ4n) is 3.06. The standard InChI is InChI=1S/C23H22ClF3N2O2S/c1-13(2)18-6-4-14(3)8-20(18)31-12-21(30)29-22-28-11-17(32-22)10-15-9-16(23(25,26)27)5-7-19(15)24/h4-9,11,13H,10,12H2,1-3H3,(H,28,29,30). The average molecular weight is 483 g/mol. The zero-order valence-electron chi connectivity index (χ0n) is 17.7. The second kappa shape index (κ2) is 9.92. The summed E-state index contributed by atoms with van der Waals surface area (Å²) < 4.78 is 44.6. The number of benzene rings is 2. The first kappa shape index (κ1) is 24.1. The first-order chi connectivity index (χ1) is 15.0. The van der Waals surface area contributed by atoms with Crippen LogP contribution >= 0.6 is 22.9 Å². The molecule has 3 aromatic rings. The van der Waals surface area contributed by atoms with Crippen molar-refractivity contribution < 1.29 is 22.7 Å². The number of hydrogen-bond donors (Lipinski definition) is 1. The number of rotatable bonds is 7. The molecule has 0 bridgehead atoms. The van der Waals surface area contributed by atoms with Gasteiger partial charge in [-0.25, -0.2) is 4.98 Å². The Labute approximate surface area is 193 Å². The van der Waals surface area contributed by atoms with Crippen LogP contribution in [-0.4, -0.2) is 17.5 Å². The number of ether oxygens (including phenoxy) is 1. The quantitative estimate of drug-likeness (QED) is 0.400. The van der Waals surface area contributed by atoms with E-state index in [2.05, 4.69) is 10.3 Å². The van der Waals surface area contributed by atoms with E-state index in [-0.39, 0.29) is 29.9 Å². The van der Waals surface area contributed by atoms with Gasteiger partial charge in [0.2, 0.25) is 0 Å². The largest absolute Gasteiger partial charge is 0.483 e. The lowest BCUT2D eigenvalue weighted by Crippen LogP contribution is -2.20. The Bertz CT molecular complexity index is 1110. The second-order valence-corrected chi connectivity index (χ2v) is 9.17. The number of aryl methyl sites for hydroxylation is 1. The Hall–Kier alpha value is -2.58. The predicted octanol–water partition coefficient (Wildman–Crippen LogP) is 6.86. The molecule has 1 N–H and O–H groups in total. The minimum absolute atomic E-state index is 0.174. The number of thiazole rings is 1. The molecule has 1 amide bonds. The van der Waals surface area contributed by atoms with Crippen molar-refractivity contribution >= 4 is 34.0 Å². The number of nitrogens with zero attached hydrogens (tertiary/aromatic N) is 1. The Morgan fingerprint density at radius 2 is 1.97 bits per heavy atom. The van der Waals surface area contributed by atoms with Crippen molar-refractivity contribution in [3.05, 3.63) is 74.7 Å². The van der Waals surface area contributed by atoms with Gasteiger partial charge in [-0.3, -0.25) is 10.1 Å². The van der Waals surface area contributed by atoms with Gasteiger partial charge >= 0.3 is 6.18 Å². The third-order valence-corrected chi connectivity index (χ3v) is 5.97. The smallest absolute Gasteiger partial charge is 0.416 e. The number of amides is 1. The van der Waals surface area contributed by atoms with Crippen LogP contribution in [0, 0.1) is 6.92 Å². The highest BCUT2D eigenvalue weighted by molar-refractivity contribution is 7.15. The SMILES string of the molecule is Cc1ccc(C(C)C)c(OCC(=O)Nc2ncc(Cc3cc(C(F)(F)F)ccc3Cl)s2)c1. The van der Waals surface area contributed by atoms with Crippen LogP contribution in [-0.2, 0) is 17.4 Å². The van der Waals surface area contributed by atoms with Gasteiger partial charge in [-0.15, -0.1) is 11.3 Å². The second-order valence-electron chi connectivity index (χ2n) is 7.65. The first-order valence-electron chi connectivity index (χ1n) is 9.86. The Kier molecular flexibility index (Phi) is 7.46. The van der Waals surface area contributed by atoms with Gasteiger partial charge in [0.1, 0.15) is 5.75 Å². The lowest BCUT2D eigenvalue weighted by molar-refractivity contribution is -0.137. The molecule has 32 heavy (non-hydrogen) atoms. The number of anilines is 1. The van der Waals surface area contributed by atoms with Gasteiger partial charge < -0.3 is 4.74 Å². The molecule has 4 nitrogen and oxygen atoms in total. The summed E-state index contributed by atoms with van der Waals surface area (Å²) in [5.74, 6) is 0.534. The number of alkyl halides is 3. The molecule has 0 atom stereocenters. The van der Waals surface area contributed by atoms with Crippen molar-refractivity contribution in [2.75, 3.05) is 11.9 Å². The van der Waals surface area contributed by atoms with E-state index < -0.39 is 11.7 Å². The van der Waals surface area contributed by atoms with Gasteiger partial charge in [-0.05, 0) is 53.8 Å². The summed E-state index contributed by atoms with van der Waals surface area (Å²) in [4.78, 5) is 17.1. The molecule has 0 aliphatic heterocycles. The number of carbonyl (C=O) groups is 1. The van der Waals surface area contributed by atoms with E-state index in [0.29, 0.717) is 21.3 Å². The monoisotopic (exact) mass is 482 g/mol. The Balaban J connectivity index is 1.63. The summed E-state index contributed by atoms with van der Waals surface area (Å²) in [6, 6.07) is 9.08. The van der Waals surface area contributed by atoms with Crippen LogP contribution in [0.5, 0.6) is 5.75 Å². The van der Waals surface area contributed by atoms with Crippen LogP contribution in [0.4, 0.5) is 18.3 Å². The molecule has 2 aromatic carbocycles. The Morgan fingerprint density at radius 3 is 2.66 bits per heavy atom. The van der Waals surface area contributed by atoms with Crippen LogP contribution in [0.1, 0.15) is 46.9 Å². The molecule has 1 aromatic heterocycles. The van der Waals surface area contributed by atoms with Gasteiger partial charge in [0.15, 0.2) is 11.7 Å². The minimum atomic E-state index is -4.45. The number of halogens is 4. The molecule has 9 heteroatoms. The lowest BCUT2D eigenvalue weighted by Gasteiger charge is -2.14. The summed E-state index contributed by atoms with van der Waals surface area (Å²) in [5, 5.41) is 3.24. The zero-order chi connectivity index (χ0) is 23.5. The number of hydrogen-bond acceptors (Lipinski definition) is 4. The summed E-state index contributed by atoms with van der Waals surface area (Å²) in [6.07, 6.45) is -2.76. The minimum Gasteiger partial charge on any atom is -0.483 e. The maximum atomic E-state index is 13.0. The highest BCUT2D eigenvalue weighted by Gasteiger charge is 2.31. The van der Waals surface area contributed by atoms with E-state index in [1.54, 1.807) is 0 Å². The normalized spacial score (nSPS) is 11.6. The van der Waals surface area contributed by atoms with Crippen molar-refractivity contribution in [2.45, 2.75) is 39.3 Å². The van der Waals surface area contributed by atoms with Gasteiger partial charge in [-0.1, -0.05) is 37.6 Å². The van der Waals surface area contributed by atoms with Crippen molar-refractivity contribution in [1.82, 2.24) is 4.98 Å².